The maximum absolute atomic E-state index is 5.45. The second-order valence-electron chi connectivity index (χ2n) is 4.95. The summed E-state index contributed by atoms with van der Waals surface area (Å²) < 4.78 is 0. The van der Waals surface area contributed by atoms with Crippen molar-refractivity contribution in [2.24, 2.45) is 0 Å². The van der Waals surface area contributed by atoms with Gasteiger partial charge in [-0.1, -0.05) is 56.2 Å². The SMILES string of the molecule is CCCC[C@@]1(C)Cc2ccccc2C(=S)N1. The number of fused-ring (bicyclic) bond motifs is 1. The van der Waals surface area contributed by atoms with Crippen LogP contribution in [-0.2, 0) is 6.42 Å². The lowest BCUT2D eigenvalue weighted by Crippen LogP contribution is -2.50. The van der Waals surface area contributed by atoms with E-state index in [4.69, 9.17) is 12.2 Å². The Balaban J connectivity index is 2.23. The lowest BCUT2D eigenvalue weighted by atomic mass is 9.83. The zero-order chi connectivity index (χ0) is 11.6. The van der Waals surface area contributed by atoms with Gasteiger partial charge in [-0.25, -0.2) is 0 Å². The predicted octanol–water partition coefficient (Wildman–Crippen LogP) is 3.46. The van der Waals surface area contributed by atoms with Crippen LogP contribution in [0.5, 0.6) is 0 Å². The molecule has 0 unspecified atom stereocenters. The van der Waals surface area contributed by atoms with Gasteiger partial charge >= 0.3 is 0 Å². The molecule has 0 saturated carbocycles. The van der Waals surface area contributed by atoms with Gasteiger partial charge in [0.25, 0.3) is 0 Å². The fourth-order valence-electron chi connectivity index (χ4n) is 2.42. The predicted molar refractivity (Wildman–Crippen MR) is 72.9 cm³/mol. The second-order valence-corrected chi connectivity index (χ2v) is 5.36. The van der Waals surface area contributed by atoms with Crippen LogP contribution in [0.4, 0.5) is 0 Å². The number of nitrogens with one attached hydrogen (secondary N) is 1. The zero-order valence-electron chi connectivity index (χ0n) is 10.0. The van der Waals surface area contributed by atoms with Crippen LogP contribution in [0.1, 0.15) is 44.2 Å². The lowest BCUT2D eigenvalue weighted by molar-refractivity contribution is 0.366. The van der Waals surface area contributed by atoms with Gasteiger partial charge in [-0.3, -0.25) is 0 Å². The summed E-state index contributed by atoms with van der Waals surface area (Å²) in [7, 11) is 0. The molecule has 0 saturated heterocycles. The monoisotopic (exact) mass is 233 g/mol. The van der Waals surface area contributed by atoms with Crippen LogP contribution >= 0.6 is 12.2 Å². The van der Waals surface area contributed by atoms with Crippen molar-refractivity contribution in [2.45, 2.75) is 45.1 Å². The maximum Gasteiger partial charge on any atom is 0.107 e. The molecule has 0 spiro atoms. The lowest BCUT2D eigenvalue weighted by Gasteiger charge is -2.37. The molecule has 0 fully saturated rings. The van der Waals surface area contributed by atoms with Crippen LogP contribution < -0.4 is 5.32 Å². The Morgan fingerprint density at radius 3 is 2.88 bits per heavy atom. The first kappa shape index (κ1) is 11.6. The molecule has 2 rings (SSSR count). The molecule has 0 amide bonds. The van der Waals surface area contributed by atoms with Crippen LogP contribution in [0.25, 0.3) is 0 Å². The minimum Gasteiger partial charge on any atom is -0.370 e. The van der Waals surface area contributed by atoms with Crippen molar-refractivity contribution in [2.75, 3.05) is 0 Å². The molecule has 1 nitrogen and oxygen atoms in total. The normalized spacial score (nSPS) is 23.8. The van der Waals surface area contributed by atoms with E-state index in [0.29, 0.717) is 0 Å². The average Bonchev–Trinajstić information content (AvgIpc) is 2.26. The first-order chi connectivity index (χ1) is 7.64. The van der Waals surface area contributed by atoms with Gasteiger partial charge in [0.1, 0.15) is 4.99 Å². The van der Waals surface area contributed by atoms with Crippen LogP contribution in [0.3, 0.4) is 0 Å². The molecule has 1 aliphatic rings. The molecular formula is C14H19NS. The molecule has 1 aliphatic heterocycles. The zero-order valence-corrected chi connectivity index (χ0v) is 10.9. The van der Waals surface area contributed by atoms with E-state index >= 15 is 0 Å². The minimum atomic E-state index is 0.154. The largest absolute Gasteiger partial charge is 0.370 e. The number of hydrogen-bond acceptors (Lipinski definition) is 1. The van der Waals surface area contributed by atoms with Gasteiger partial charge in [-0.2, -0.15) is 0 Å². The highest BCUT2D eigenvalue weighted by molar-refractivity contribution is 7.80. The Morgan fingerprint density at radius 2 is 2.12 bits per heavy atom. The quantitative estimate of drug-likeness (QED) is 0.802. The van der Waals surface area contributed by atoms with E-state index in [9.17, 15) is 0 Å². The number of hydrogen-bond donors (Lipinski definition) is 1. The van der Waals surface area contributed by atoms with E-state index in [1.165, 1.54) is 30.4 Å². The third-order valence-electron chi connectivity index (χ3n) is 3.34. The van der Waals surface area contributed by atoms with Gasteiger partial charge in [-0.15, -0.1) is 0 Å². The summed E-state index contributed by atoms with van der Waals surface area (Å²) in [5.41, 5.74) is 2.76. The fraction of sp³-hybridized carbons (Fsp3) is 0.500. The average molecular weight is 233 g/mol. The first-order valence-electron chi connectivity index (χ1n) is 6.05. The van der Waals surface area contributed by atoms with Gasteiger partial charge in [0.2, 0.25) is 0 Å². The Morgan fingerprint density at radius 1 is 1.38 bits per heavy atom. The highest BCUT2D eigenvalue weighted by Crippen LogP contribution is 2.27. The topological polar surface area (TPSA) is 12.0 Å². The van der Waals surface area contributed by atoms with Gasteiger partial charge in [0.15, 0.2) is 0 Å². The third kappa shape index (κ3) is 2.27. The van der Waals surface area contributed by atoms with Crippen LogP contribution in [0.2, 0.25) is 0 Å². The molecule has 2 heteroatoms. The van der Waals surface area contributed by atoms with Crippen molar-refractivity contribution in [3.8, 4) is 0 Å². The molecule has 1 aromatic rings. The van der Waals surface area contributed by atoms with Crippen molar-refractivity contribution in [3.05, 3.63) is 35.4 Å². The van der Waals surface area contributed by atoms with Crippen molar-refractivity contribution < 1.29 is 0 Å². The molecule has 16 heavy (non-hydrogen) atoms. The third-order valence-corrected chi connectivity index (χ3v) is 3.66. The number of thiocarbonyl (C=S) groups is 1. The minimum absolute atomic E-state index is 0.154. The van der Waals surface area contributed by atoms with Crippen molar-refractivity contribution in [1.82, 2.24) is 5.32 Å². The first-order valence-corrected chi connectivity index (χ1v) is 6.46. The van der Waals surface area contributed by atoms with Gasteiger partial charge in [0, 0.05) is 11.1 Å². The summed E-state index contributed by atoms with van der Waals surface area (Å²) in [5.74, 6) is 0. The standard InChI is InChI=1S/C14H19NS/c1-3-4-9-14(2)10-11-7-5-6-8-12(11)13(16)15-14/h5-8H,3-4,9-10H2,1-2H3,(H,15,16)/t14-/m0/s1. The van der Waals surface area contributed by atoms with Gasteiger partial charge in [-0.05, 0) is 25.3 Å². The molecular weight excluding hydrogens is 214 g/mol. The summed E-state index contributed by atoms with van der Waals surface area (Å²) in [6, 6.07) is 8.48. The number of unbranched alkanes of at least 4 members (excludes halogenated alkanes) is 1. The maximum atomic E-state index is 5.45. The van der Waals surface area contributed by atoms with E-state index in [0.717, 1.165) is 11.4 Å². The van der Waals surface area contributed by atoms with E-state index in [-0.39, 0.29) is 5.54 Å². The van der Waals surface area contributed by atoms with Crippen molar-refractivity contribution in [3.63, 3.8) is 0 Å². The van der Waals surface area contributed by atoms with Crippen LogP contribution in [0.15, 0.2) is 24.3 Å². The van der Waals surface area contributed by atoms with Crippen molar-refractivity contribution in [1.29, 1.82) is 0 Å². The molecule has 0 radical (unpaired) electrons. The second kappa shape index (κ2) is 4.54. The molecule has 1 heterocycles. The summed E-state index contributed by atoms with van der Waals surface area (Å²) in [4.78, 5) is 0.917. The van der Waals surface area contributed by atoms with E-state index in [1.807, 2.05) is 0 Å². The molecule has 1 aromatic carbocycles. The smallest absolute Gasteiger partial charge is 0.107 e. The molecule has 0 bridgehead atoms. The van der Waals surface area contributed by atoms with E-state index in [2.05, 4.69) is 43.4 Å². The Hall–Kier alpha value is -0.890. The highest BCUT2D eigenvalue weighted by Gasteiger charge is 2.30. The Labute approximate surface area is 103 Å². The van der Waals surface area contributed by atoms with Crippen LogP contribution in [0, 0.1) is 0 Å². The Bertz CT molecular complexity index is 399. The summed E-state index contributed by atoms with van der Waals surface area (Å²) in [5, 5.41) is 3.52. The van der Waals surface area contributed by atoms with Crippen molar-refractivity contribution >= 4 is 17.2 Å². The molecule has 1 atom stereocenters. The molecule has 86 valence electrons. The number of benzene rings is 1. The summed E-state index contributed by atoms with van der Waals surface area (Å²) in [6.07, 6.45) is 4.78. The summed E-state index contributed by atoms with van der Waals surface area (Å²) in [6.45, 7) is 4.52. The van der Waals surface area contributed by atoms with Gasteiger partial charge in [0.05, 0.1) is 0 Å². The molecule has 0 aromatic heterocycles. The highest BCUT2D eigenvalue weighted by atomic mass is 32.1. The molecule has 0 aliphatic carbocycles. The van der Waals surface area contributed by atoms with Crippen LogP contribution in [-0.4, -0.2) is 10.5 Å². The van der Waals surface area contributed by atoms with E-state index < -0.39 is 0 Å². The molecule has 1 N–H and O–H groups in total. The van der Waals surface area contributed by atoms with Gasteiger partial charge < -0.3 is 5.32 Å². The fourth-order valence-corrected chi connectivity index (χ4v) is 2.87. The Kier molecular flexibility index (Phi) is 3.29. The number of rotatable bonds is 3. The van der Waals surface area contributed by atoms with E-state index in [1.54, 1.807) is 0 Å². The summed E-state index contributed by atoms with van der Waals surface area (Å²) >= 11 is 5.45.